The Hall–Kier alpha value is -3.33. The van der Waals surface area contributed by atoms with Crippen molar-refractivity contribution in [3.05, 3.63) is 63.2 Å². The van der Waals surface area contributed by atoms with E-state index in [1.54, 1.807) is 4.90 Å². The largest absolute Gasteiger partial charge is 0.490 e. The van der Waals surface area contributed by atoms with Crippen LogP contribution in [0.3, 0.4) is 0 Å². The Morgan fingerprint density at radius 3 is 2.50 bits per heavy atom. The number of halogens is 1. The van der Waals surface area contributed by atoms with Crippen molar-refractivity contribution in [1.82, 2.24) is 10.2 Å². The van der Waals surface area contributed by atoms with Crippen LogP contribution in [0.2, 0.25) is 5.02 Å². The molecule has 1 saturated heterocycles. The number of anilines is 1. The fourth-order valence-electron chi connectivity index (χ4n) is 3.25. The van der Waals surface area contributed by atoms with Crippen LogP contribution in [0.1, 0.15) is 10.4 Å². The number of para-hydroxylation sites is 1. The summed E-state index contributed by atoms with van der Waals surface area (Å²) in [6.07, 6.45) is 0. The van der Waals surface area contributed by atoms with E-state index in [0.717, 1.165) is 11.8 Å². The maximum atomic E-state index is 12.5. The van der Waals surface area contributed by atoms with Crippen LogP contribution in [0, 0.1) is 10.1 Å². The minimum absolute atomic E-state index is 0.0593. The first-order valence-electron chi connectivity index (χ1n) is 9.28. The third-order valence-electron chi connectivity index (χ3n) is 4.86. The first-order valence-corrected chi connectivity index (χ1v) is 9.66. The number of nitrogens with zero attached hydrogens (tertiary/aromatic N) is 3. The van der Waals surface area contributed by atoms with Crippen LogP contribution in [-0.4, -0.2) is 61.5 Å². The molecule has 1 aliphatic rings. The van der Waals surface area contributed by atoms with Gasteiger partial charge in [-0.2, -0.15) is 0 Å². The molecule has 0 radical (unpaired) electrons. The molecular weight excluding hydrogens is 412 g/mol. The monoisotopic (exact) mass is 432 g/mol. The number of hydrogen-bond donors (Lipinski definition) is 1. The molecule has 3 rings (SSSR count). The fourth-order valence-corrected chi connectivity index (χ4v) is 3.50. The lowest BCUT2D eigenvalue weighted by Crippen LogP contribution is -2.51. The molecular formula is C20H21ClN4O5. The summed E-state index contributed by atoms with van der Waals surface area (Å²) in [5.41, 5.74) is 0.701. The topological polar surface area (TPSA) is 105 Å². The molecule has 1 fully saturated rings. The summed E-state index contributed by atoms with van der Waals surface area (Å²) in [6, 6.07) is 11.4. The molecule has 30 heavy (non-hydrogen) atoms. The van der Waals surface area contributed by atoms with Crippen molar-refractivity contribution in [3.63, 3.8) is 0 Å². The number of hydrogen-bond acceptors (Lipinski definition) is 6. The summed E-state index contributed by atoms with van der Waals surface area (Å²) in [4.78, 5) is 39.0. The second-order valence-corrected chi connectivity index (χ2v) is 7.05. The van der Waals surface area contributed by atoms with Gasteiger partial charge in [0.25, 0.3) is 5.91 Å². The minimum Gasteiger partial charge on any atom is -0.490 e. The molecule has 0 aromatic heterocycles. The van der Waals surface area contributed by atoms with Gasteiger partial charge in [-0.15, -0.1) is 0 Å². The molecule has 1 aliphatic heterocycles. The van der Waals surface area contributed by atoms with Crippen molar-refractivity contribution in [1.29, 1.82) is 0 Å². The van der Waals surface area contributed by atoms with E-state index >= 15 is 0 Å². The standard InChI is InChI=1S/C20H21ClN4O5/c1-30-18-7-6-14(12-17(18)25(28)29)20(27)22-13-19(26)24-10-8-23(9-11-24)16-5-3-2-4-15(16)21/h2-7,12H,8-11,13H2,1H3,(H,22,27). The highest BCUT2D eigenvalue weighted by Crippen LogP contribution is 2.28. The zero-order valence-electron chi connectivity index (χ0n) is 16.3. The first-order chi connectivity index (χ1) is 14.4. The number of amides is 2. The van der Waals surface area contributed by atoms with Crippen LogP contribution in [0.5, 0.6) is 5.75 Å². The number of methoxy groups -OCH3 is 1. The van der Waals surface area contributed by atoms with Gasteiger partial charge in [-0.25, -0.2) is 0 Å². The number of nitro groups is 1. The molecule has 0 atom stereocenters. The van der Waals surface area contributed by atoms with E-state index in [1.165, 1.54) is 19.2 Å². The van der Waals surface area contributed by atoms with Gasteiger partial charge in [-0.05, 0) is 24.3 Å². The van der Waals surface area contributed by atoms with Gasteiger partial charge in [0.2, 0.25) is 5.91 Å². The van der Waals surface area contributed by atoms with Crippen molar-refractivity contribution in [2.45, 2.75) is 0 Å². The van der Waals surface area contributed by atoms with Gasteiger partial charge in [0.1, 0.15) is 0 Å². The minimum atomic E-state index is -0.626. The maximum absolute atomic E-state index is 12.5. The molecule has 1 heterocycles. The van der Waals surface area contributed by atoms with Crippen LogP contribution in [0.4, 0.5) is 11.4 Å². The van der Waals surface area contributed by atoms with Gasteiger partial charge in [0, 0.05) is 37.8 Å². The normalized spacial score (nSPS) is 13.7. The highest BCUT2D eigenvalue weighted by atomic mass is 35.5. The van der Waals surface area contributed by atoms with Gasteiger partial charge in [-0.1, -0.05) is 23.7 Å². The molecule has 0 unspecified atom stereocenters. The smallest absolute Gasteiger partial charge is 0.311 e. The second kappa shape index (κ2) is 9.45. The number of benzene rings is 2. The number of ether oxygens (including phenoxy) is 1. The molecule has 1 N–H and O–H groups in total. The van der Waals surface area contributed by atoms with Crippen molar-refractivity contribution in [2.75, 3.05) is 44.7 Å². The zero-order chi connectivity index (χ0) is 21.7. The Kier molecular flexibility index (Phi) is 6.73. The maximum Gasteiger partial charge on any atom is 0.311 e. The zero-order valence-corrected chi connectivity index (χ0v) is 17.1. The number of nitrogens with one attached hydrogen (secondary N) is 1. The van der Waals surface area contributed by atoms with E-state index in [-0.39, 0.29) is 29.5 Å². The molecule has 158 valence electrons. The lowest BCUT2D eigenvalue weighted by molar-refractivity contribution is -0.385. The molecule has 10 heteroatoms. The van der Waals surface area contributed by atoms with E-state index in [2.05, 4.69) is 10.2 Å². The Morgan fingerprint density at radius 2 is 1.87 bits per heavy atom. The van der Waals surface area contributed by atoms with Crippen LogP contribution < -0.4 is 15.0 Å². The Balaban J connectivity index is 1.54. The van der Waals surface area contributed by atoms with Gasteiger partial charge in [0.05, 0.1) is 29.3 Å². The Labute approximate surface area is 178 Å². The summed E-state index contributed by atoms with van der Waals surface area (Å²) in [5.74, 6) is -0.724. The van der Waals surface area contributed by atoms with Gasteiger partial charge < -0.3 is 19.9 Å². The van der Waals surface area contributed by atoms with Crippen molar-refractivity contribution in [3.8, 4) is 5.75 Å². The summed E-state index contributed by atoms with van der Waals surface area (Å²) in [5, 5.41) is 14.3. The number of carbonyl (C=O) groups excluding carboxylic acids is 2. The summed E-state index contributed by atoms with van der Waals surface area (Å²) in [6.45, 7) is 2.09. The highest BCUT2D eigenvalue weighted by Gasteiger charge is 2.23. The van der Waals surface area contributed by atoms with Crippen LogP contribution in [0.15, 0.2) is 42.5 Å². The summed E-state index contributed by atoms with van der Waals surface area (Å²) >= 11 is 6.23. The van der Waals surface area contributed by atoms with Gasteiger partial charge in [0.15, 0.2) is 5.75 Å². The number of piperazine rings is 1. The summed E-state index contributed by atoms with van der Waals surface area (Å²) in [7, 11) is 1.31. The lowest BCUT2D eigenvalue weighted by atomic mass is 10.1. The lowest BCUT2D eigenvalue weighted by Gasteiger charge is -2.36. The molecule has 0 spiro atoms. The number of rotatable bonds is 6. The molecule has 0 saturated carbocycles. The molecule has 9 nitrogen and oxygen atoms in total. The fraction of sp³-hybridized carbons (Fsp3) is 0.300. The van der Waals surface area contributed by atoms with Gasteiger partial charge >= 0.3 is 5.69 Å². The second-order valence-electron chi connectivity index (χ2n) is 6.65. The SMILES string of the molecule is COc1ccc(C(=O)NCC(=O)N2CCN(c3ccccc3Cl)CC2)cc1[N+](=O)[O-]. The molecule has 0 aliphatic carbocycles. The van der Waals surface area contributed by atoms with E-state index in [9.17, 15) is 19.7 Å². The van der Waals surface area contributed by atoms with Crippen molar-refractivity contribution < 1.29 is 19.2 Å². The van der Waals surface area contributed by atoms with Crippen LogP contribution in [0.25, 0.3) is 0 Å². The van der Waals surface area contributed by atoms with Crippen molar-refractivity contribution >= 4 is 34.8 Å². The average Bonchev–Trinajstić information content (AvgIpc) is 2.77. The van der Waals surface area contributed by atoms with Crippen LogP contribution in [-0.2, 0) is 4.79 Å². The number of nitro benzene ring substituents is 1. The third-order valence-corrected chi connectivity index (χ3v) is 5.18. The van der Waals surface area contributed by atoms with Crippen LogP contribution >= 0.6 is 11.6 Å². The predicted octanol–water partition coefficient (Wildman–Crippen LogP) is 2.34. The average molecular weight is 433 g/mol. The Bertz CT molecular complexity index is 960. The van der Waals surface area contributed by atoms with E-state index in [1.807, 2.05) is 24.3 Å². The first kappa shape index (κ1) is 21.4. The third kappa shape index (κ3) is 4.80. The van der Waals surface area contributed by atoms with E-state index in [0.29, 0.717) is 31.2 Å². The molecule has 2 aromatic rings. The molecule has 2 amide bonds. The molecule has 2 aromatic carbocycles. The van der Waals surface area contributed by atoms with Crippen molar-refractivity contribution in [2.24, 2.45) is 0 Å². The predicted molar refractivity (Wildman–Crippen MR) is 112 cm³/mol. The van der Waals surface area contributed by atoms with Gasteiger partial charge in [-0.3, -0.25) is 19.7 Å². The van der Waals surface area contributed by atoms with E-state index < -0.39 is 10.8 Å². The quantitative estimate of drug-likeness (QED) is 0.555. The molecule has 0 bridgehead atoms. The number of carbonyl (C=O) groups is 2. The Morgan fingerprint density at radius 1 is 1.17 bits per heavy atom. The highest BCUT2D eigenvalue weighted by molar-refractivity contribution is 6.33. The van der Waals surface area contributed by atoms with E-state index in [4.69, 9.17) is 16.3 Å². The summed E-state index contributed by atoms with van der Waals surface area (Å²) < 4.78 is 4.92.